The molecule has 104 valence electrons. The SMILES string of the molecule is CCC1CCC(NCC2CCCC2C(=O)O)CC1. The van der Waals surface area contributed by atoms with Crippen LogP contribution in [0.3, 0.4) is 0 Å². The van der Waals surface area contributed by atoms with E-state index in [-0.39, 0.29) is 5.92 Å². The van der Waals surface area contributed by atoms with Gasteiger partial charge in [0.1, 0.15) is 0 Å². The maximum absolute atomic E-state index is 11.1. The summed E-state index contributed by atoms with van der Waals surface area (Å²) >= 11 is 0. The van der Waals surface area contributed by atoms with E-state index >= 15 is 0 Å². The highest BCUT2D eigenvalue weighted by Gasteiger charge is 2.33. The number of rotatable bonds is 5. The Labute approximate surface area is 110 Å². The van der Waals surface area contributed by atoms with Gasteiger partial charge in [-0.05, 0) is 56.9 Å². The largest absolute Gasteiger partial charge is 0.481 e. The van der Waals surface area contributed by atoms with Crippen molar-refractivity contribution in [1.82, 2.24) is 5.32 Å². The molecule has 2 aliphatic rings. The molecule has 2 N–H and O–H groups in total. The van der Waals surface area contributed by atoms with E-state index in [9.17, 15) is 4.79 Å². The van der Waals surface area contributed by atoms with E-state index in [1.165, 1.54) is 32.1 Å². The number of carboxylic acid groups (broad SMARTS) is 1. The van der Waals surface area contributed by atoms with Gasteiger partial charge in [0, 0.05) is 6.04 Å². The molecule has 2 fully saturated rings. The molecule has 0 saturated heterocycles. The summed E-state index contributed by atoms with van der Waals surface area (Å²) in [5, 5.41) is 12.8. The maximum Gasteiger partial charge on any atom is 0.306 e. The van der Waals surface area contributed by atoms with E-state index in [0.29, 0.717) is 12.0 Å². The average Bonchev–Trinajstić information content (AvgIpc) is 2.85. The molecule has 0 heterocycles. The van der Waals surface area contributed by atoms with Crippen LogP contribution in [0.15, 0.2) is 0 Å². The molecule has 2 saturated carbocycles. The third-order valence-electron chi connectivity index (χ3n) is 5.07. The molecule has 0 radical (unpaired) electrons. The Morgan fingerprint density at radius 2 is 1.89 bits per heavy atom. The smallest absolute Gasteiger partial charge is 0.306 e. The van der Waals surface area contributed by atoms with Crippen LogP contribution in [0.2, 0.25) is 0 Å². The highest BCUT2D eigenvalue weighted by atomic mass is 16.4. The molecule has 18 heavy (non-hydrogen) atoms. The molecule has 2 atom stereocenters. The van der Waals surface area contributed by atoms with E-state index in [1.54, 1.807) is 0 Å². The van der Waals surface area contributed by atoms with Crippen molar-refractivity contribution in [3.05, 3.63) is 0 Å². The minimum atomic E-state index is -0.589. The van der Waals surface area contributed by atoms with Crippen LogP contribution >= 0.6 is 0 Å². The van der Waals surface area contributed by atoms with Gasteiger partial charge in [-0.2, -0.15) is 0 Å². The van der Waals surface area contributed by atoms with E-state index in [4.69, 9.17) is 5.11 Å². The summed E-state index contributed by atoms with van der Waals surface area (Å²) < 4.78 is 0. The van der Waals surface area contributed by atoms with Crippen LogP contribution in [0.1, 0.15) is 58.3 Å². The Balaban J connectivity index is 1.70. The van der Waals surface area contributed by atoms with Gasteiger partial charge in [-0.25, -0.2) is 0 Å². The fourth-order valence-electron chi connectivity index (χ4n) is 3.70. The van der Waals surface area contributed by atoms with Crippen LogP contribution in [0, 0.1) is 17.8 Å². The molecule has 0 aromatic heterocycles. The molecule has 0 amide bonds. The number of nitrogens with one attached hydrogen (secondary N) is 1. The second-order valence-electron chi connectivity index (χ2n) is 6.17. The quantitative estimate of drug-likeness (QED) is 0.791. The van der Waals surface area contributed by atoms with Gasteiger partial charge in [0.05, 0.1) is 5.92 Å². The van der Waals surface area contributed by atoms with E-state index in [0.717, 1.165) is 31.7 Å². The molecule has 0 aliphatic heterocycles. The third-order valence-corrected chi connectivity index (χ3v) is 5.07. The monoisotopic (exact) mass is 253 g/mol. The van der Waals surface area contributed by atoms with Gasteiger partial charge < -0.3 is 10.4 Å². The molecule has 3 nitrogen and oxygen atoms in total. The standard InChI is InChI=1S/C15H27NO2/c1-2-11-6-8-13(9-7-11)16-10-12-4-3-5-14(12)15(17)18/h11-14,16H,2-10H2,1H3,(H,17,18). The van der Waals surface area contributed by atoms with Crippen LogP contribution in [-0.2, 0) is 4.79 Å². The van der Waals surface area contributed by atoms with Crippen LogP contribution in [0.4, 0.5) is 0 Å². The molecule has 0 bridgehead atoms. The molecule has 0 spiro atoms. The Bertz CT molecular complexity index is 272. The topological polar surface area (TPSA) is 49.3 Å². The Kier molecular flexibility index (Phi) is 5.04. The lowest BCUT2D eigenvalue weighted by atomic mass is 9.84. The average molecular weight is 253 g/mol. The number of hydrogen-bond acceptors (Lipinski definition) is 2. The summed E-state index contributed by atoms with van der Waals surface area (Å²) in [5.74, 6) is 0.617. The van der Waals surface area contributed by atoms with Crippen molar-refractivity contribution in [2.45, 2.75) is 64.3 Å². The van der Waals surface area contributed by atoms with Gasteiger partial charge in [0.15, 0.2) is 0 Å². The number of aliphatic carboxylic acids is 1. The summed E-state index contributed by atoms with van der Waals surface area (Å²) in [6, 6.07) is 0.642. The Morgan fingerprint density at radius 1 is 1.17 bits per heavy atom. The second kappa shape index (κ2) is 6.55. The summed E-state index contributed by atoms with van der Waals surface area (Å²) in [5.41, 5.74) is 0. The van der Waals surface area contributed by atoms with Gasteiger partial charge in [-0.3, -0.25) is 4.79 Å². The van der Waals surface area contributed by atoms with Crippen molar-refractivity contribution in [1.29, 1.82) is 0 Å². The number of carbonyl (C=O) groups is 1. The first-order chi connectivity index (χ1) is 8.70. The molecular formula is C15H27NO2. The van der Waals surface area contributed by atoms with E-state index in [1.807, 2.05) is 0 Å². The van der Waals surface area contributed by atoms with Gasteiger partial charge in [-0.15, -0.1) is 0 Å². The van der Waals surface area contributed by atoms with Crippen molar-refractivity contribution in [3.8, 4) is 0 Å². The molecule has 3 heteroatoms. The predicted octanol–water partition coefficient (Wildman–Crippen LogP) is 3.05. The molecule has 2 unspecified atom stereocenters. The highest BCUT2D eigenvalue weighted by Crippen LogP contribution is 2.32. The van der Waals surface area contributed by atoms with E-state index < -0.39 is 5.97 Å². The van der Waals surface area contributed by atoms with Gasteiger partial charge in [-0.1, -0.05) is 19.8 Å². The molecule has 0 aromatic carbocycles. The zero-order chi connectivity index (χ0) is 13.0. The van der Waals surface area contributed by atoms with Crippen molar-refractivity contribution in [3.63, 3.8) is 0 Å². The lowest BCUT2D eigenvalue weighted by molar-refractivity contribution is -0.142. The zero-order valence-corrected chi connectivity index (χ0v) is 11.5. The highest BCUT2D eigenvalue weighted by molar-refractivity contribution is 5.70. The van der Waals surface area contributed by atoms with Gasteiger partial charge in [0.2, 0.25) is 0 Å². The molecule has 0 aromatic rings. The lowest BCUT2D eigenvalue weighted by Gasteiger charge is -2.30. The lowest BCUT2D eigenvalue weighted by Crippen LogP contribution is -2.38. The van der Waals surface area contributed by atoms with Crippen LogP contribution in [0.5, 0.6) is 0 Å². The summed E-state index contributed by atoms with van der Waals surface area (Å²) in [4.78, 5) is 11.1. The van der Waals surface area contributed by atoms with Gasteiger partial charge >= 0.3 is 5.97 Å². The first-order valence-corrected chi connectivity index (χ1v) is 7.67. The first kappa shape index (κ1) is 13.9. The van der Waals surface area contributed by atoms with Gasteiger partial charge in [0.25, 0.3) is 0 Å². The van der Waals surface area contributed by atoms with Crippen LogP contribution in [-0.4, -0.2) is 23.7 Å². The Morgan fingerprint density at radius 3 is 2.50 bits per heavy atom. The number of carboxylic acids is 1. The maximum atomic E-state index is 11.1. The summed E-state index contributed by atoms with van der Waals surface area (Å²) in [6.07, 6.45) is 9.63. The zero-order valence-electron chi connectivity index (χ0n) is 11.5. The summed E-state index contributed by atoms with van der Waals surface area (Å²) in [6.45, 7) is 3.20. The third kappa shape index (κ3) is 3.47. The van der Waals surface area contributed by atoms with Crippen molar-refractivity contribution >= 4 is 5.97 Å². The minimum Gasteiger partial charge on any atom is -0.481 e. The molecular weight excluding hydrogens is 226 g/mol. The van der Waals surface area contributed by atoms with Crippen molar-refractivity contribution in [2.24, 2.45) is 17.8 Å². The molecule has 2 aliphatic carbocycles. The molecule has 2 rings (SSSR count). The van der Waals surface area contributed by atoms with Crippen LogP contribution in [0.25, 0.3) is 0 Å². The number of hydrogen-bond donors (Lipinski definition) is 2. The fraction of sp³-hybridized carbons (Fsp3) is 0.933. The normalized spacial score (nSPS) is 36.7. The van der Waals surface area contributed by atoms with Crippen molar-refractivity contribution < 1.29 is 9.90 Å². The van der Waals surface area contributed by atoms with Crippen LogP contribution < -0.4 is 5.32 Å². The minimum absolute atomic E-state index is 0.0931. The fourth-order valence-corrected chi connectivity index (χ4v) is 3.70. The summed E-state index contributed by atoms with van der Waals surface area (Å²) in [7, 11) is 0. The first-order valence-electron chi connectivity index (χ1n) is 7.67. The Hall–Kier alpha value is -0.570. The van der Waals surface area contributed by atoms with Crippen molar-refractivity contribution in [2.75, 3.05) is 6.54 Å². The predicted molar refractivity (Wildman–Crippen MR) is 72.5 cm³/mol. The second-order valence-corrected chi connectivity index (χ2v) is 6.17. The van der Waals surface area contributed by atoms with E-state index in [2.05, 4.69) is 12.2 Å².